The number of hydrogen-bond donors (Lipinski definition) is 1. The second-order valence-corrected chi connectivity index (χ2v) is 9.17. The van der Waals surface area contributed by atoms with E-state index in [9.17, 15) is 4.79 Å². The van der Waals surface area contributed by atoms with Gasteiger partial charge in [0.1, 0.15) is 23.6 Å². The van der Waals surface area contributed by atoms with Gasteiger partial charge >= 0.3 is 6.09 Å². The smallest absolute Gasteiger partial charge is 0.410 e. The summed E-state index contributed by atoms with van der Waals surface area (Å²) < 4.78 is 18.0. The first-order valence-corrected chi connectivity index (χ1v) is 9.85. The molecule has 2 aliphatic rings. The Labute approximate surface area is 165 Å². The third-order valence-corrected chi connectivity index (χ3v) is 5.26. The number of ether oxygens (including phenoxy) is 3. The van der Waals surface area contributed by atoms with Crippen LogP contribution in [0.5, 0.6) is 0 Å². The molecular formula is C21H29N3O4. The summed E-state index contributed by atoms with van der Waals surface area (Å²) in [5, 5.41) is 0. The molecule has 1 N–H and O–H groups in total. The second-order valence-electron chi connectivity index (χ2n) is 9.17. The maximum Gasteiger partial charge on any atom is 0.410 e. The lowest BCUT2D eigenvalue weighted by Gasteiger charge is -2.34. The molecule has 7 heteroatoms. The zero-order valence-electron chi connectivity index (χ0n) is 17.4. The molecule has 152 valence electrons. The van der Waals surface area contributed by atoms with E-state index in [1.165, 1.54) is 0 Å². The lowest BCUT2D eigenvalue weighted by Crippen LogP contribution is -2.48. The van der Waals surface area contributed by atoms with Crippen molar-refractivity contribution in [3.63, 3.8) is 0 Å². The van der Waals surface area contributed by atoms with Gasteiger partial charge in [-0.3, -0.25) is 4.90 Å². The van der Waals surface area contributed by atoms with Gasteiger partial charge in [-0.15, -0.1) is 0 Å². The van der Waals surface area contributed by atoms with Crippen LogP contribution in [0.25, 0.3) is 11.0 Å². The van der Waals surface area contributed by atoms with Crippen molar-refractivity contribution in [3.8, 4) is 0 Å². The molecule has 3 heterocycles. The quantitative estimate of drug-likeness (QED) is 0.851. The third kappa shape index (κ3) is 3.49. The van der Waals surface area contributed by atoms with Gasteiger partial charge in [0.25, 0.3) is 0 Å². The van der Waals surface area contributed by atoms with Gasteiger partial charge in [0.2, 0.25) is 0 Å². The molecule has 2 aliphatic heterocycles. The SMILES string of the molecule is C[C@H]1[C@H]2OC(C)(C)O[C@H]2[C@@H](Cc2nc3ccccc3[nH]2)N1C(=O)OC(C)(C)C. The summed E-state index contributed by atoms with van der Waals surface area (Å²) in [5.41, 5.74) is 1.32. The Morgan fingerprint density at radius 1 is 1.25 bits per heavy atom. The Bertz CT molecular complexity index is 852. The van der Waals surface area contributed by atoms with E-state index in [2.05, 4.69) is 9.97 Å². The first-order valence-electron chi connectivity index (χ1n) is 9.85. The average molecular weight is 387 g/mol. The zero-order valence-corrected chi connectivity index (χ0v) is 17.4. The largest absolute Gasteiger partial charge is 0.444 e. The lowest BCUT2D eigenvalue weighted by atomic mass is 10.1. The minimum atomic E-state index is -0.671. The van der Waals surface area contributed by atoms with Gasteiger partial charge in [0, 0.05) is 6.42 Å². The summed E-state index contributed by atoms with van der Waals surface area (Å²) in [7, 11) is 0. The molecule has 2 saturated heterocycles. The molecule has 0 unspecified atom stereocenters. The van der Waals surface area contributed by atoms with Crippen molar-refractivity contribution >= 4 is 17.1 Å². The van der Waals surface area contributed by atoms with E-state index >= 15 is 0 Å². The van der Waals surface area contributed by atoms with Crippen LogP contribution in [0.4, 0.5) is 4.79 Å². The lowest BCUT2D eigenvalue weighted by molar-refractivity contribution is -0.165. The molecule has 4 atom stereocenters. The number of nitrogens with one attached hydrogen (secondary N) is 1. The molecule has 0 aliphatic carbocycles. The van der Waals surface area contributed by atoms with Crippen LogP contribution in [-0.2, 0) is 20.6 Å². The van der Waals surface area contributed by atoms with E-state index in [1.54, 1.807) is 4.90 Å². The molecule has 0 spiro atoms. The number of imidazole rings is 1. The molecule has 28 heavy (non-hydrogen) atoms. The van der Waals surface area contributed by atoms with E-state index in [1.807, 2.05) is 65.8 Å². The second kappa shape index (κ2) is 6.46. The molecular weight excluding hydrogens is 358 g/mol. The fourth-order valence-corrected chi connectivity index (χ4v) is 4.24. The number of benzene rings is 1. The van der Waals surface area contributed by atoms with Crippen LogP contribution in [-0.4, -0.2) is 56.6 Å². The van der Waals surface area contributed by atoms with Gasteiger partial charge in [-0.1, -0.05) is 12.1 Å². The van der Waals surface area contributed by atoms with Gasteiger partial charge in [-0.25, -0.2) is 9.78 Å². The summed E-state index contributed by atoms with van der Waals surface area (Å²) in [6.07, 6.45) is -0.234. The number of carbonyl (C=O) groups is 1. The Balaban J connectivity index is 1.65. The van der Waals surface area contributed by atoms with Gasteiger partial charge in [-0.05, 0) is 53.7 Å². The van der Waals surface area contributed by atoms with Crippen LogP contribution in [0.2, 0.25) is 0 Å². The number of H-pyrrole nitrogens is 1. The maximum atomic E-state index is 13.0. The molecule has 1 aromatic carbocycles. The van der Waals surface area contributed by atoms with Crippen LogP contribution < -0.4 is 0 Å². The van der Waals surface area contributed by atoms with E-state index in [0.29, 0.717) is 6.42 Å². The number of aromatic nitrogens is 2. The standard InChI is InChI=1S/C21H29N3O4/c1-12-17-18(27-21(5,6)26-17)15(24(12)19(25)28-20(2,3)4)11-16-22-13-9-7-8-10-14(13)23-16/h7-10,12,15,17-18H,11H2,1-6H3,(H,22,23)/t12-,15+,17+,18-/m0/s1. The van der Waals surface area contributed by atoms with Gasteiger partial charge in [-0.2, -0.15) is 0 Å². The number of rotatable bonds is 2. The fourth-order valence-electron chi connectivity index (χ4n) is 4.24. The fraction of sp³-hybridized carbons (Fsp3) is 0.619. The molecule has 0 saturated carbocycles. The number of fused-ring (bicyclic) bond motifs is 2. The van der Waals surface area contributed by atoms with Crippen molar-refractivity contribution in [2.45, 2.75) is 83.6 Å². The Kier molecular flexibility index (Phi) is 4.43. The molecule has 1 aromatic heterocycles. The summed E-state index contributed by atoms with van der Waals surface area (Å²) in [5.74, 6) is 0.149. The van der Waals surface area contributed by atoms with E-state index in [0.717, 1.165) is 16.9 Å². The van der Waals surface area contributed by atoms with Crippen LogP contribution >= 0.6 is 0 Å². The van der Waals surface area contributed by atoms with Crippen molar-refractivity contribution in [2.24, 2.45) is 0 Å². The average Bonchev–Trinajstić information content (AvgIpc) is 3.17. The van der Waals surface area contributed by atoms with E-state index < -0.39 is 11.4 Å². The van der Waals surface area contributed by atoms with Crippen LogP contribution in [0.3, 0.4) is 0 Å². The molecule has 2 fully saturated rings. The summed E-state index contributed by atoms with van der Waals surface area (Å²) in [6, 6.07) is 7.52. The zero-order chi connectivity index (χ0) is 20.3. The number of carbonyl (C=O) groups excluding carboxylic acids is 1. The normalized spacial score (nSPS) is 29.3. The molecule has 4 rings (SSSR count). The van der Waals surface area contributed by atoms with Gasteiger partial charge in [0.05, 0.1) is 23.1 Å². The highest BCUT2D eigenvalue weighted by molar-refractivity contribution is 5.75. The van der Waals surface area contributed by atoms with Crippen molar-refractivity contribution in [1.82, 2.24) is 14.9 Å². The Hall–Kier alpha value is -2.12. The highest BCUT2D eigenvalue weighted by Crippen LogP contribution is 2.41. The predicted molar refractivity (Wildman–Crippen MR) is 105 cm³/mol. The summed E-state index contributed by atoms with van der Waals surface area (Å²) in [6.45, 7) is 11.4. The van der Waals surface area contributed by atoms with E-state index in [4.69, 9.17) is 14.2 Å². The van der Waals surface area contributed by atoms with Crippen LogP contribution in [0.1, 0.15) is 47.4 Å². The molecule has 7 nitrogen and oxygen atoms in total. The van der Waals surface area contributed by atoms with Gasteiger partial charge in [0.15, 0.2) is 5.79 Å². The van der Waals surface area contributed by atoms with E-state index in [-0.39, 0.29) is 30.4 Å². The molecule has 0 radical (unpaired) electrons. The highest BCUT2D eigenvalue weighted by Gasteiger charge is 2.58. The number of aromatic amines is 1. The summed E-state index contributed by atoms with van der Waals surface area (Å²) >= 11 is 0. The van der Waals surface area contributed by atoms with Crippen molar-refractivity contribution < 1.29 is 19.0 Å². The number of nitrogens with zero attached hydrogens (tertiary/aromatic N) is 2. The molecule has 0 bridgehead atoms. The van der Waals surface area contributed by atoms with Crippen molar-refractivity contribution in [3.05, 3.63) is 30.1 Å². The Morgan fingerprint density at radius 2 is 1.93 bits per heavy atom. The van der Waals surface area contributed by atoms with Gasteiger partial charge < -0.3 is 19.2 Å². The molecule has 2 aromatic rings. The number of likely N-dealkylation sites (tertiary alicyclic amines) is 1. The third-order valence-electron chi connectivity index (χ3n) is 5.26. The highest BCUT2D eigenvalue weighted by atomic mass is 16.8. The summed E-state index contributed by atoms with van der Waals surface area (Å²) in [4.78, 5) is 22.8. The number of amides is 1. The first kappa shape index (κ1) is 19.2. The number of para-hydroxylation sites is 2. The predicted octanol–water partition coefficient (Wildman–Crippen LogP) is 3.63. The van der Waals surface area contributed by atoms with Crippen molar-refractivity contribution in [1.29, 1.82) is 0 Å². The Morgan fingerprint density at radius 3 is 2.61 bits per heavy atom. The monoisotopic (exact) mass is 387 g/mol. The minimum Gasteiger partial charge on any atom is -0.444 e. The van der Waals surface area contributed by atoms with Crippen molar-refractivity contribution in [2.75, 3.05) is 0 Å². The maximum absolute atomic E-state index is 13.0. The number of hydrogen-bond acceptors (Lipinski definition) is 5. The molecule has 1 amide bonds. The topological polar surface area (TPSA) is 76.7 Å². The first-order chi connectivity index (χ1) is 13.0. The van der Waals surface area contributed by atoms with Crippen LogP contribution in [0.15, 0.2) is 24.3 Å². The minimum absolute atomic E-state index is 0.156. The van der Waals surface area contributed by atoms with Crippen LogP contribution in [0, 0.1) is 0 Å².